The molecule has 0 aromatic carbocycles. The van der Waals surface area contributed by atoms with Crippen molar-refractivity contribution >= 4 is 15.7 Å². The summed E-state index contributed by atoms with van der Waals surface area (Å²) in [6.45, 7) is 0.0524. The lowest BCUT2D eigenvalue weighted by molar-refractivity contribution is 0.0956. The standard InChI is InChI=1S/C9H12N2O4S/c1-16(14,15)5-4-10-9(13)7-2-3-8(12)11-6-7/h2-3,6H,4-5H2,1H3,(H,10,13)(H,11,12). The van der Waals surface area contributed by atoms with Crippen molar-refractivity contribution < 1.29 is 13.2 Å². The van der Waals surface area contributed by atoms with E-state index >= 15 is 0 Å². The normalized spacial score (nSPS) is 11.1. The first-order chi connectivity index (χ1) is 7.38. The van der Waals surface area contributed by atoms with Gasteiger partial charge in [0.15, 0.2) is 0 Å². The second-order valence-corrected chi connectivity index (χ2v) is 5.59. The maximum atomic E-state index is 11.4. The van der Waals surface area contributed by atoms with Gasteiger partial charge in [-0.15, -0.1) is 0 Å². The summed E-state index contributed by atoms with van der Waals surface area (Å²) >= 11 is 0. The third kappa shape index (κ3) is 4.26. The van der Waals surface area contributed by atoms with E-state index in [1.807, 2.05) is 0 Å². The third-order valence-electron chi connectivity index (χ3n) is 1.80. The van der Waals surface area contributed by atoms with Gasteiger partial charge in [-0.05, 0) is 6.07 Å². The van der Waals surface area contributed by atoms with Crippen molar-refractivity contribution in [1.82, 2.24) is 10.3 Å². The van der Waals surface area contributed by atoms with E-state index in [4.69, 9.17) is 0 Å². The van der Waals surface area contributed by atoms with Crippen LogP contribution >= 0.6 is 0 Å². The number of carbonyl (C=O) groups is 1. The summed E-state index contributed by atoms with van der Waals surface area (Å²) < 4.78 is 21.6. The molecular weight excluding hydrogens is 232 g/mol. The van der Waals surface area contributed by atoms with E-state index in [9.17, 15) is 18.0 Å². The van der Waals surface area contributed by atoms with E-state index in [1.54, 1.807) is 0 Å². The highest BCUT2D eigenvalue weighted by Gasteiger charge is 2.06. The molecule has 1 amide bonds. The molecule has 1 aromatic rings. The Morgan fingerprint density at radius 1 is 1.44 bits per heavy atom. The number of nitrogens with one attached hydrogen (secondary N) is 2. The van der Waals surface area contributed by atoms with Gasteiger partial charge in [0.1, 0.15) is 9.84 Å². The molecule has 0 saturated heterocycles. The fourth-order valence-electron chi connectivity index (χ4n) is 1.00. The van der Waals surface area contributed by atoms with Gasteiger partial charge < -0.3 is 10.3 Å². The molecule has 0 aliphatic heterocycles. The first-order valence-electron chi connectivity index (χ1n) is 4.53. The van der Waals surface area contributed by atoms with E-state index in [-0.39, 0.29) is 23.4 Å². The van der Waals surface area contributed by atoms with Gasteiger partial charge >= 0.3 is 0 Å². The summed E-state index contributed by atoms with van der Waals surface area (Å²) in [4.78, 5) is 24.5. The molecule has 88 valence electrons. The summed E-state index contributed by atoms with van der Waals surface area (Å²) in [5.74, 6) is -0.526. The number of rotatable bonds is 4. The molecule has 0 radical (unpaired) electrons. The number of sulfone groups is 1. The molecule has 7 heteroatoms. The minimum Gasteiger partial charge on any atom is -0.351 e. The number of hydrogen-bond donors (Lipinski definition) is 2. The van der Waals surface area contributed by atoms with Crippen molar-refractivity contribution in [2.45, 2.75) is 0 Å². The Morgan fingerprint density at radius 3 is 2.62 bits per heavy atom. The van der Waals surface area contributed by atoms with Crippen LogP contribution in [0.2, 0.25) is 0 Å². The van der Waals surface area contributed by atoms with Crippen LogP contribution in [0.3, 0.4) is 0 Å². The Labute approximate surface area is 92.6 Å². The van der Waals surface area contributed by atoms with Gasteiger partial charge in [-0.1, -0.05) is 0 Å². The van der Waals surface area contributed by atoms with E-state index in [0.29, 0.717) is 0 Å². The zero-order valence-corrected chi connectivity index (χ0v) is 9.50. The van der Waals surface area contributed by atoms with Crippen LogP contribution in [0.5, 0.6) is 0 Å². The lowest BCUT2D eigenvalue weighted by atomic mass is 10.3. The molecule has 0 saturated carbocycles. The van der Waals surface area contributed by atoms with Gasteiger partial charge in [0.05, 0.1) is 11.3 Å². The van der Waals surface area contributed by atoms with E-state index in [2.05, 4.69) is 10.3 Å². The average molecular weight is 244 g/mol. The van der Waals surface area contributed by atoms with Crippen molar-refractivity contribution in [3.8, 4) is 0 Å². The van der Waals surface area contributed by atoms with Gasteiger partial charge in [-0.3, -0.25) is 9.59 Å². The van der Waals surface area contributed by atoms with Crippen LogP contribution < -0.4 is 10.9 Å². The summed E-state index contributed by atoms with van der Waals surface area (Å²) in [6.07, 6.45) is 2.37. The first-order valence-corrected chi connectivity index (χ1v) is 6.59. The van der Waals surface area contributed by atoms with Crippen molar-refractivity contribution in [3.63, 3.8) is 0 Å². The maximum absolute atomic E-state index is 11.4. The molecule has 1 heterocycles. The predicted molar refractivity (Wildman–Crippen MR) is 59.1 cm³/mol. The Morgan fingerprint density at radius 2 is 2.12 bits per heavy atom. The molecule has 0 spiro atoms. The molecule has 6 nitrogen and oxygen atoms in total. The smallest absolute Gasteiger partial charge is 0.252 e. The van der Waals surface area contributed by atoms with Gasteiger partial charge in [0.25, 0.3) is 5.91 Å². The second kappa shape index (κ2) is 4.93. The lowest BCUT2D eigenvalue weighted by Crippen LogP contribution is -2.29. The van der Waals surface area contributed by atoms with Crippen LogP contribution in [0.25, 0.3) is 0 Å². The minimum absolute atomic E-state index is 0.0524. The largest absolute Gasteiger partial charge is 0.351 e. The molecule has 16 heavy (non-hydrogen) atoms. The Hall–Kier alpha value is -1.63. The first kappa shape index (κ1) is 12.4. The highest BCUT2D eigenvalue weighted by molar-refractivity contribution is 7.90. The van der Waals surface area contributed by atoms with Gasteiger partial charge in [0.2, 0.25) is 5.56 Å². The summed E-state index contributed by atoms with van der Waals surface area (Å²) in [5.41, 5.74) is -0.0132. The summed E-state index contributed by atoms with van der Waals surface area (Å²) in [7, 11) is -3.08. The van der Waals surface area contributed by atoms with Crippen LogP contribution in [0, 0.1) is 0 Å². The Balaban J connectivity index is 2.54. The number of aromatic nitrogens is 1. The van der Waals surface area contributed by atoms with Crippen LogP contribution in [0.4, 0.5) is 0 Å². The van der Waals surface area contributed by atoms with E-state index in [1.165, 1.54) is 18.3 Å². The van der Waals surface area contributed by atoms with Crippen LogP contribution in [0.1, 0.15) is 10.4 Å². The summed E-state index contributed by atoms with van der Waals surface area (Å²) in [5, 5.41) is 2.43. The van der Waals surface area contributed by atoms with Crippen molar-refractivity contribution in [2.24, 2.45) is 0 Å². The van der Waals surface area contributed by atoms with E-state index < -0.39 is 15.7 Å². The quantitative estimate of drug-likeness (QED) is 0.721. The predicted octanol–water partition coefficient (Wildman–Crippen LogP) is -0.851. The molecule has 0 bridgehead atoms. The van der Waals surface area contributed by atoms with Crippen molar-refractivity contribution in [1.29, 1.82) is 0 Å². The zero-order valence-electron chi connectivity index (χ0n) is 8.69. The van der Waals surface area contributed by atoms with Crippen molar-refractivity contribution in [2.75, 3.05) is 18.6 Å². The number of aromatic amines is 1. The number of H-pyrrole nitrogens is 1. The minimum atomic E-state index is -3.08. The van der Waals surface area contributed by atoms with Gasteiger partial charge in [-0.25, -0.2) is 8.42 Å². The number of amides is 1. The maximum Gasteiger partial charge on any atom is 0.252 e. The molecule has 1 rings (SSSR count). The Kier molecular flexibility index (Phi) is 3.83. The molecule has 0 atom stereocenters. The topological polar surface area (TPSA) is 96.1 Å². The summed E-state index contributed by atoms with van der Waals surface area (Å²) in [6, 6.07) is 2.60. The number of carbonyl (C=O) groups excluding carboxylic acids is 1. The molecule has 0 unspecified atom stereocenters. The van der Waals surface area contributed by atoms with Crippen molar-refractivity contribution in [3.05, 3.63) is 34.2 Å². The second-order valence-electron chi connectivity index (χ2n) is 3.33. The molecule has 1 aromatic heterocycles. The van der Waals surface area contributed by atoms with Crippen LogP contribution in [0.15, 0.2) is 23.1 Å². The number of pyridine rings is 1. The fraction of sp³-hybridized carbons (Fsp3) is 0.333. The molecule has 0 aliphatic carbocycles. The molecular formula is C9H12N2O4S. The fourth-order valence-corrected chi connectivity index (χ4v) is 1.48. The zero-order chi connectivity index (χ0) is 12.2. The van der Waals surface area contributed by atoms with E-state index in [0.717, 1.165) is 6.26 Å². The lowest BCUT2D eigenvalue weighted by Gasteiger charge is -2.03. The molecule has 2 N–H and O–H groups in total. The average Bonchev–Trinajstić information content (AvgIpc) is 2.16. The van der Waals surface area contributed by atoms with Gasteiger partial charge in [0, 0.05) is 25.1 Å². The third-order valence-corrected chi connectivity index (χ3v) is 2.75. The monoisotopic (exact) mass is 244 g/mol. The highest BCUT2D eigenvalue weighted by Crippen LogP contribution is 1.92. The SMILES string of the molecule is CS(=O)(=O)CCNC(=O)c1ccc(=O)[nH]c1. The van der Waals surface area contributed by atoms with Crippen LogP contribution in [-0.2, 0) is 9.84 Å². The Bertz CT molecular complexity index is 512. The number of hydrogen-bond acceptors (Lipinski definition) is 4. The highest BCUT2D eigenvalue weighted by atomic mass is 32.2. The van der Waals surface area contributed by atoms with Gasteiger partial charge in [-0.2, -0.15) is 0 Å². The molecule has 0 fully saturated rings. The van der Waals surface area contributed by atoms with Crippen LogP contribution in [-0.4, -0.2) is 37.9 Å². The molecule has 0 aliphatic rings.